The van der Waals surface area contributed by atoms with Gasteiger partial charge in [-0.3, -0.25) is 0 Å². The first kappa shape index (κ1) is 6.39. The van der Waals surface area contributed by atoms with Crippen molar-refractivity contribution in [3.63, 3.8) is 0 Å². The first-order valence-electron chi connectivity index (χ1n) is 3.04. The average Bonchev–Trinajstić information content (AvgIpc) is 2.28. The van der Waals surface area contributed by atoms with Gasteiger partial charge in [-0.15, -0.1) is 20.7 Å². The van der Waals surface area contributed by atoms with E-state index in [2.05, 4.69) is 10.1 Å². The van der Waals surface area contributed by atoms with Crippen molar-refractivity contribution in [3.05, 3.63) is 23.7 Å². The third-order valence-electron chi connectivity index (χ3n) is 1.33. The van der Waals surface area contributed by atoms with E-state index in [1.54, 1.807) is 0 Å². The Bertz CT molecular complexity index is 228. The lowest BCUT2D eigenvalue weighted by Crippen LogP contribution is -1.80. The molecule has 0 N–H and O–H groups in total. The number of ether oxygens (including phenoxy) is 2. The highest BCUT2D eigenvalue weighted by Gasteiger charge is 2.15. The molecule has 0 aromatic heterocycles. The van der Waals surface area contributed by atoms with Gasteiger partial charge in [-0.2, -0.15) is 0 Å². The normalized spacial score (nSPS) is 22.4. The Morgan fingerprint density at radius 1 is 1.30 bits per heavy atom. The predicted molar refractivity (Wildman–Crippen MR) is 48.2 cm³/mol. The molecule has 10 heavy (non-hydrogen) atoms. The van der Waals surface area contributed by atoms with E-state index < -0.39 is 0 Å². The van der Waals surface area contributed by atoms with Gasteiger partial charge in [0.15, 0.2) is 11.5 Å². The van der Waals surface area contributed by atoms with Crippen LogP contribution in [0.2, 0.25) is 0 Å². The van der Waals surface area contributed by atoms with E-state index in [0.29, 0.717) is 6.79 Å². The molecule has 0 aliphatic carbocycles. The Hall–Kier alpha value is -0.320. The van der Waals surface area contributed by atoms with Crippen LogP contribution in [0.15, 0.2) is 23.7 Å². The van der Waals surface area contributed by atoms with Crippen LogP contribution in [0.3, 0.4) is 0 Å². The van der Waals surface area contributed by atoms with Crippen LogP contribution in [0, 0.1) is 0 Å². The molecule has 0 atom stereocenters. The van der Waals surface area contributed by atoms with Gasteiger partial charge < -0.3 is 9.47 Å². The summed E-state index contributed by atoms with van der Waals surface area (Å²) in [6, 6.07) is 0. The van der Waals surface area contributed by atoms with E-state index in [1.807, 2.05) is 6.08 Å². The smallest absolute Gasteiger partial charge is 0.231 e. The van der Waals surface area contributed by atoms with E-state index in [9.17, 15) is 0 Å². The fraction of sp³-hybridized carbons (Fsp3) is 0.286. The third-order valence-corrected chi connectivity index (χ3v) is 3.14. The quantitative estimate of drug-likeness (QED) is 0.479. The molecule has 0 spiro atoms. The Morgan fingerprint density at radius 3 is 3.20 bits per heavy atom. The van der Waals surface area contributed by atoms with Crippen LogP contribution in [0.1, 0.15) is 0 Å². The second-order valence-corrected chi connectivity index (χ2v) is 4.42. The molecule has 54 valence electrons. The molecule has 0 aromatic rings. The number of halogens is 1. The fourth-order valence-electron chi connectivity index (χ4n) is 0.856. The standard InChI is InChI=1S/C7H7IO2/c1-3-8-4-2-7-6(1)9-5-10-7/h1-3H,4-5H2. The summed E-state index contributed by atoms with van der Waals surface area (Å²) >= 11 is 0.223. The number of rotatable bonds is 0. The largest absolute Gasteiger partial charge is 0.454 e. The fourth-order valence-corrected chi connectivity index (χ4v) is 2.38. The SMILES string of the molecule is C1=ICC=C2OCOC2=C1. The summed E-state index contributed by atoms with van der Waals surface area (Å²) in [5.74, 6) is 1.85. The van der Waals surface area contributed by atoms with Crippen molar-refractivity contribution < 1.29 is 9.47 Å². The average molecular weight is 250 g/mol. The van der Waals surface area contributed by atoms with E-state index in [0.717, 1.165) is 15.9 Å². The molecule has 0 amide bonds. The zero-order valence-electron chi connectivity index (χ0n) is 5.34. The summed E-state index contributed by atoms with van der Waals surface area (Å²) in [6.45, 7) is 0.393. The second kappa shape index (κ2) is 2.74. The molecule has 0 radical (unpaired) electrons. The van der Waals surface area contributed by atoms with Crippen LogP contribution in [-0.2, 0) is 9.47 Å². The van der Waals surface area contributed by atoms with Crippen LogP contribution in [0.25, 0.3) is 0 Å². The second-order valence-electron chi connectivity index (χ2n) is 1.94. The maximum Gasteiger partial charge on any atom is 0.231 e. The number of alkyl halides is 1. The third kappa shape index (κ3) is 1.10. The molecule has 3 heteroatoms. The monoisotopic (exact) mass is 250 g/mol. The van der Waals surface area contributed by atoms with Gasteiger partial charge in [0.25, 0.3) is 0 Å². The summed E-state index contributed by atoms with van der Waals surface area (Å²) in [5, 5.41) is 0. The minimum absolute atomic E-state index is 0.223. The van der Waals surface area contributed by atoms with Crippen LogP contribution in [0.5, 0.6) is 0 Å². The molecule has 0 unspecified atom stereocenters. The summed E-state index contributed by atoms with van der Waals surface area (Å²) in [7, 11) is 0. The number of hydrogen-bond acceptors (Lipinski definition) is 2. The van der Waals surface area contributed by atoms with E-state index in [1.165, 1.54) is 0 Å². The van der Waals surface area contributed by atoms with Gasteiger partial charge in [-0.1, -0.05) is 0 Å². The van der Waals surface area contributed by atoms with Crippen LogP contribution in [-0.4, -0.2) is 15.2 Å². The van der Waals surface area contributed by atoms with Crippen molar-refractivity contribution in [1.29, 1.82) is 0 Å². The van der Waals surface area contributed by atoms with E-state index >= 15 is 0 Å². The lowest BCUT2D eigenvalue weighted by molar-refractivity contribution is 0.0977. The van der Waals surface area contributed by atoms with Gasteiger partial charge in [0.1, 0.15) is 0 Å². The molecule has 0 saturated carbocycles. The van der Waals surface area contributed by atoms with Gasteiger partial charge in [0.05, 0.1) is 0 Å². The summed E-state index contributed by atoms with van der Waals surface area (Å²) in [6.07, 6.45) is 4.15. The summed E-state index contributed by atoms with van der Waals surface area (Å²) in [4.78, 5) is 0. The molecule has 0 aromatic carbocycles. The molecular weight excluding hydrogens is 243 g/mol. The highest BCUT2D eigenvalue weighted by atomic mass is 127. The maximum absolute atomic E-state index is 5.21. The first-order chi connectivity index (χ1) is 4.97. The van der Waals surface area contributed by atoms with Crippen molar-refractivity contribution in [2.45, 2.75) is 0 Å². The Morgan fingerprint density at radius 2 is 2.20 bits per heavy atom. The van der Waals surface area contributed by atoms with Gasteiger partial charge in [0, 0.05) is 4.43 Å². The van der Waals surface area contributed by atoms with Gasteiger partial charge >= 0.3 is 0 Å². The van der Waals surface area contributed by atoms with E-state index in [-0.39, 0.29) is 20.7 Å². The first-order valence-corrected chi connectivity index (χ1v) is 5.81. The van der Waals surface area contributed by atoms with Crippen molar-refractivity contribution in [1.82, 2.24) is 0 Å². The lowest BCUT2D eigenvalue weighted by atomic mass is 10.4. The predicted octanol–water partition coefficient (Wildman–Crippen LogP) is 1.54. The number of hydrogen-bond donors (Lipinski definition) is 0. The van der Waals surface area contributed by atoms with Gasteiger partial charge in [0.2, 0.25) is 6.79 Å². The molecule has 2 rings (SSSR count). The Balaban J connectivity index is 2.34. The highest BCUT2D eigenvalue weighted by Crippen LogP contribution is 2.22. The van der Waals surface area contributed by atoms with Crippen LogP contribution in [0.4, 0.5) is 0 Å². The Labute approximate surface area is 69.3 Å². The molecule has 1 saturated heterocycles. The topological polar surface area (TPSA) is 18.5 Å². The zero-order valence-corrected chi connectivity index (χ0v) is 7.50. The minimum Gasteiger partial charge on any atom is -0.454 e. The van der Waals surface area contributed by atoms with Gasteiger partial charge in [-0.05, 0) is 16.2 Å². The minimum atomic E-state index is 0.223. The van der Waals surface area contributed by atoms with Crippen LogP contribution >= 0.6 is 20.7 Å². The zero-order chi connectivity index (χ0) is 6.81. The molecule has 0 bridgehead atoms. The number of allylic oxidation sites excluding steroid dienone is 2. The van der Waals surface area contributed by atoms with Crippen molar-refractivity contribution in [3.8, 4) is 0 Å². The lowest BCUT2D eigenvalue weighted by Gasteiger charge is -1.90. The van der Waals surface area contributed by atoms with Crippen molar-refractivity contribution in [2.75, 3.05) is 11.2 Å². The van der Waals surface area contributed by atoms with Crippen LogP contribution < -0.4 is 0 Å². The number of fused-ring (bicyclic) bond motifs is 1. The van der Waals surface area contributed by atoms with Crippen molar-refractivity contribution >= 4 is 24.7 Å². The Kier molecular flexibility index (Phi) is 1.75. The molecule has 2 nitrogen and oxygen atoms in total. The highest BCUT2D eigenvalue weighted by molar-refractivity contribution is 14.2. The molecule has 2 aliphatic rings. The summed E-state index contributed by atoms with van der Waals surface area (Å²) < 4.78 is 13.8. The summed E-state index contributed by atoms with van der Waals surface area (Å²) in [5.41, 5.74) is 0. The molecule has 2 heterocycles. The maximum atomic E-state index is 5.21. The van der Waals surface area contributed by atoms with Gasteiger partial charge in [-0.25, -0.2) is 0 Å². The molecular formula is C7H7IO2. The van der Waals surface area contributed by atoms with Crippen molar-refractivity contribution in [2.24, 2.45) is 0 Å². The van der Waals surface area contributed by atoms with E-state index in [4.69, 9.17) is 9.47 Å². The molecule has 1 fully saturated rings. The molecule has 2 aliphatic heterocycles.